The first-order valence-corrected chi connectivity index (χ1v) is 5.93. The SMILES string of the molecule is CC(C)CN1CCc2nc(N)sc2C1. The summed E-state index contributed by atoms with van der Waals surface area (Å²) in [5.74, 6) is 0.738. The highest BCUT2D eigenvalue weighted by Crippen LogP contribution is 2.26. The molecule has 0 aliphatic carbocycles. The molecule has 1 aliphatic rings. The molecule has 0 amide bonds. The first-order chi connectivity index (χ1) is 6.65. The molecule has 0 unspecified atom stereocenters. The van der Waals surface area contributed by atoms with Crippen LogP contribution in [0.25, 0.3) is 0 Å². The highest BCUT2D eigenvalue weighted by molar-refractivity contribution is 7.15. The summed E-state index contributed by atoms with van der Waals surface area (Å²) < 4.78 is 0. The Morgan fingerprint density at radius 3 is 3.07 bits per heavy atom. The molecule has 2 rings (SSSR count). The summed E-state index contributed by atoms with van der Waals surface area (Å²) in [6, 6.07) is 0. The second kappa shape index (κ2) is 3.87. The zero-order valence-corrected chi connectivity index (χ0v) is 9.60. The maximum Gasteiger partial charge on any atom is 0.180 e. The fraction of sp³-hybridized carbons (Fsp3) is 0.700. The van der Waals surface area contributed by atoms with Crippen LogP contribution in [0.1, 0.15) is 24.4 Å². The number of anilines is 1. The van der Waals surface area contributed by atoms with Crippen LogP contribution in [0.5, 0.6) is 0 Å². The van der Waals surface area contributed by atoms with Crippen LogP contribution in [0, 0.1) is 5.92 Å². The van der Waals surface area contributed by atoms with Crippen molar-refractivity contribution in [1.82, 2.24) is 9.88 Å². The highest BCUT2D eigenvalue weighted by atomic mass is 32.1. The van der Waals surface area contributed by atoms with Crippen molar-refractivity contribution in [1.29, 1.82) is 0 Å². The van der Waals surface area contributed by atoms with Gasteiger partial charge in [-0.05, 0) is 5.92 Å². The molecule has 0 saturated heterocycles. The molecule has 0 saturated carbocycles. The zero-order chi connectivity index (χ0) is 10.1. The molecule has 4 heteroatoms. The van der Waals surface area contributed by atoms with Crippen molar-refractivity contribution >= 4 is 16.5 Å². The van der Waals surface area contributed by atoms with E-state index < -0.39 is 0 Å². The van der Waals surface area contributed by atoms with Gasteiger partial charge < -0.3 is 5.73 Å². The number of nitrogens with zero attached hydrogens (tertiary/aromatic N) is 2. The zero-order valence-electron chi connectivity index (χ0n) is 8.79. The van der Waals surface area contributed by atoms with Crippen LogP contribution in [0.3, 0.4) is 0 Å². The largest absolute Gasteiger partial charge is 0.375 e. The second-order valence-corrected chi connectivity index (χ2v) is 5.42. The average molecular weight is 211 g/mol. The Kier molecular flexibility index (Phi) is 2.74. The van der Waals surface area contributed by atoms with Gasteiger partial charge in [0, 0.05) is 30.9 Å². The lowest BCUT2D eigenvalue weighted by atomic mass is 10.1. The molecule has 0 aromatic carbocycles. The van der Waals surface area contributed by atoms with E-state index in [1.807, 2.05) is 0 Å². The van der Waals surface area contributed by atoms with Crippen LogP contribution in [-0.2, 0) is 13.0 Å². The second-order valence-electron chi connectivity index (χ2n) is 4.30. The van der Waals surface area contributed by atoms with Crippen molar-refractivity contribution in [2.45, 2.75) is 26.8 Å². The summed E-state index contributed by atoms with van der Waals surface area (Å²) in [7, 11) is 0. The number of hydrogen-bond acceptors (Lipinski definition) is 4. The molecule has 3 nitrogen and oxygen atoms in total. The third-order valence-electron chi connectivity index (χ3n) is 2.45. The number of rotatable bonds is 2. The molecular weight excluding hydrogens is 194 g/mol. The average Bonchev–Trinajstić information content (AvgIpc) is 2.42. The number of hydrogen-bond donors (Lipinski definition) is 1. The van der Waals surface area contributed by atoms with Crippen LogP contribution >= 0.6 is 11.3 Å². The number of nitrogens with two attached hydrogens (primary N) is 1. The topological polar surface area (TPSA) is 42.2 Å². The van der Waals surface area contributed by atoms with Gasteiger partial charge in [-0.15, -0.1) is 11.3 Å². The predicted molar refractivity (Wildman–Crippen MR) is 60.3 cm³/mol. The molecule has 0 atom stereocenters. The maximum atomic E-state index is 5.69. The molecule has 1 aliphatic heterocycles. The first kappa shape index (κ1) is 9.93. The van der Waals surface area contributed by atoms with Gasteiger partial charge in [0.15, 0.2) is 5.13 Å². The van der Waals surface area contributed by atoms with Crippen molar-refractivity contribution in [2.24, 2.45) is 5.92 Å². The highest BCUT2D eigenvalue weighted by Gasteiger charge is 2.20. The monoisotopic (exact) mass is 211 g/mol. The van der Waals surface area contributed by atoms with Gasteiger partial charge in [0.2, 0.25) is 0 Å². The minimum absolute atomic E-state index is 0.724. The standard InChI is InChI=1S/C10H17N3S/c1-7(2)5-13-4-3-8-9(6-13)14-10(11)12-8/h7H,3-6H2,1-2H3,(H2,11,12). The van der Waals surface area contributed by atoms with Gasteiger partial charge in [0.1, 0.15) is 0 Å². The number of thiazole rings is 1. The van der Waals surface area contributed by atoms with Gasteiger partial charge in [0.05, 0.1) is 5.69 Å². The Balaban J connectivity index is 2.05. The van der Waals surface area contributed by atoms with Gasteiger partial charge in [-0.1, -0.05) is 13.8 Å². The van der Waals surface area contributed by atoms with Crippen molar-refractivity contribution in [3.8, 4) is 0 Å². The van der Waals surface area contributed by atoms with Gasteiger partial charge in [0.25, 0.3) is 0 Å². The predicted octanol–water partition coefficient (Wildman–Crippen LogP) is 1.74. The van der Waals surface area contributed by atoms with E-state index in [4.69, 9.17) is 5.73 Å². The minimum Gasteiger partial charge on any atom is -0.375 e. The lowest BCUT2D eigenvalue weighted by molar-refractivity contribution is 0.228. The third-order valence-corrected chi connectivity index (χ3v) is 3.36. The maximum absolute atomic E-state index is 5.69. The number of fused-ring (bicyclic) bond motifs is 1. The Hall–Kier alpha value is -0.610. The van der Waals surface area contributed by atoms with E-state index in [1.54, 1.807) is 11.3 Å². The Morgan fingerprint density at radius 2 is 2.36 bits per heavy atom. The molecule has 0 fully saturated rings. The Morgan fingerprint density at radius 1 is 1.57 bits per heavy atom. The van der Waals surface area contributed by atoms with E-state index in [0.29, 0.717) is 0 Å². The van der Waals surface area contributed by atoms with Crippen molar-refractivity contribution in [3.05, 3.63) is 10.6 Å². The smallest absolute Gasteiger partial charge is 0.180 e. The van der Waals surface area contributed by atoms with Crippen molar-refractivity contribution in [3.63, 3.8) is 0 Å². The van der Waals surface area contributed by atoms with E-state index in [-0.39, 0.29) is 0 Å². The van der Waals surface area contributed by atoms with Crippen molar-refractivity contribution < 1.29 is 0 Å². The van der Waals surface area contributed by atoms with Crippen LogP contribution in [0.4, 0.5) is 5.13 Å². The summed E-state index contributed by atoms with van der Waals surface area (Å²) >= 11 is 1.65. The molecule has 1 aromatic rings. The third kappa shape index (κ3) is 2.07. The summed E-state index contributed by atoms with van der Waals surface area (Å²) in [6.07, 6.45) is 1.07. The molecule has 14 heavy (non-hydrogen) atoms. The Bertz CT molecular complexity index is 319. The first-order valence-electron chi connectivity index (χ1n) is 5.11. The molecule has 2 N–H and O–H groups in total. The molecule has 0 radical (unpaired) electrons. The minimum atomic E-state index is 0.724. The van der Waals surface area contributed by atoms with Gasteiger partial charge in [-0.3, -0.25) is 4.90 Å². The molecule has 78 valence electrons. The molecule has 1 aromatic heterocycles. The summed E-state index contributed by atoms with van der Waals surface area (Å²) in [6.45, 7) is 7.88. The number of nitrogen functional groups attached to an aromatic ring is 1. The summed E-state index contributed by atoms with van der Waals surface area (Å²) in [5.41, 5.74) is 6.92. The van der Waals surface area contributed by atoms with E-state index in [0.717, 1.165) is 30.6 Å². The van der Waals surface area contributed by atoms with Gasteiger partial charge in [-0.25, -0.2) is 4.98 Å². The van der Waals surface area contributed by atoms with Crippen LogP contribution < -0.4 is 5.73 Å². The molecule has 0 bridgehead atoms. The van der Waals surface area contributed by atoms with E-state index in [2.05, 4.69) is 23.7 Å². The van der Waals surface area contributed by atoms with Gasteiger partial charge >= 0.3 is 0 Å². The van der Waals surface area contributed by atoms with Gasteiger partial charge in [-0.2, -0.15) is 0 Å². The van der Waals surface area contributed by atoms with E-state index in [1.165, 1.54) is 17.1 Å². The van der Waals surface area contributed by atoms with E-state index in [9.17, 15) is 0 Å². The molecule has 2 heterocycles. The normalized spacial score (nSPS) is 17.4. The lowest BCUT2D eigenvalue weighted by Gasteiger charge is -2.27. The molecule has 0 spiro atoms. The summed E-state index contributed by atoms with van der Waals surface area (Å²) in [4.78, 5) is 8.19. The quantitative estimate of drug-likeness (QED) is 0.810. The van der Waals surface area contributed by atoms with Crippen molar-refractivity contribution in [2.75, 3.05) is 18.8 Å². The van der Waals surface area contributed by atoms with Crippen LogP contribution in [0.2, 0.25) is 0 Å². The Labute approximate surface area is 88.9 Å². The van der Waals surface area contributed by atoms with E-state index >= 15 is 0 Å². The van der Waals surface area contributed by atoms with Crippen LogP contribution in [-0.4, -0.2) is 23.0 Å². The van der Waals surface area contributed by atoms with Crippen LogP contribution in [0.15, 0.2) is 0 Å². The fourth-order valence-electron chi connectivity index (χ4n) is 1.94. The molecular formula is C10H17N3S. The number of aromatic nitrogens is 1. The summed E-state index contributed by atoms with van der Waals surface area (Å²) in [5, 5.41) is 0.724. The lowest BCUT2D eigenvalue weighted by Crippen LogP contribution is -2.32. The fourth-order valence-corrected chi connectivity index (χ4v) is 2.86.